The number of carbonyl (C=O) groups is 2. The third kappa shape index (κ3) is 13.5. The van der Waals surface area contributed by atoms with Crippen LogP contribution in [-0.4, -0.2) is 177 Å². The Hall–Kier alpha value is -10.3. The number of hydrogen-bond donors (Lipinski definition) is 0. The molecule has 0 spiro atoms. The van der Waals surface area contributed by atoms with Gasteiger partial charge in [-0.15, -0.1) is 0 Å². The average molecular weight is 1380 g/mol. The number of halogens is 4. The van der Waals surface area contributed by atoms with Crippen LogP contribution in [0.5, 0.6) is 11.5 Å². The molecule has 0 radical (unpaired) electrons. The summed E-state index contributed by atoms with van der Waals surface area (Å²) in [5, 5.41) is 8.34. The second-order valence-corrected chi connectivity index (χ2v) is 26.7. The lowest BCUT2D eigenvalue weighted by Crippen LogP contribution is -2.46. The van der Waals surface area contributed by atoms with Gasteiger partial charge in [-0.2, -0.15) is 10.2 Å². The molecule has 101 heavy (non-hydrogen) atoms. The fourth-order valence-corrected chi connectivity index (χ4v) is 14.8. The summed E-state index contributed by atoms with van der Waals surface area (Å²) in [6.07, 6.45) is 7.41. The fraction of sp³-hybridized carbons (Fsp3) is 0.384. The molecular weight excluding hydrogens is 1300 g/mol. The number of aromatic nitrogens is 8. The number of imidazole rings is 1. The number of urea groups is 2. The van der Waals surface area contributed by atoms with E-state index in [0.717, 1.165) is 98.6 Å². The molecule has 9 aromatic rings. The molecule has 4 amide bonds. The van der Waals surface area contributed by atoms with Crippen LogP contribution in [0.2, 0.25) is 0 Å². The van der Waals surface area contributed by atoms with Crippen LogP contribution in [-0.2, 0) is 43.2 Å². The minimum absolute atomic E-state index is 0.000300. The second kappa shape index (κ2) is 28.0. The number of anilines is 6. The standard InChI is InChI=1S/C73H78F4N16O8/c1-49(2)92-65(37-90(70(92)94)57-11-7-53(8-12-57)83-27-31-85(32-28-83)55-15-19-59(20-16-55)96-39-67-98-43-72(100-67,41-87-47-78-45-81-87)61-23-5-51(74)35-63(61)76)69-80-25-26-89(69)66-38-91(71(95)93(66)50(3)4)58-13-9-54(10-14-58)84-29-33-86(34-30-84)56-17-21-60(22-18-56)97-40-68-99-44-73(101-68,42-88-48-79-46-82-88)62-24-6-52(75)36-64(62)77/h5-26,35-36,45-50,65-68H,27-34,37-44H2,1-4H3/t65?,66?,67-,68-,72+,73+/m0/s1. The Labute approximate surface area is 581 Å². The molecule has 0 aliphatic carbocycles. The first-order valence-electron chi connectivity index (χ1n) is 34.1. The quantitative estimate of drug-likeness (QED) is 0.0581. The van der Waals surface area contributed by atoms with E-state index in [-0.39, 0.29) is 74.8 Å². The van der Waals surface area contributed by atoms with Crippen LogP contribution in [0, 0.1) is 23.3 Å². The number of carbonyl (C=O) groups excluding carboxylic acids is 2. The predicted molar refractivity (Wildman–Crippen MR) is 367 cm³/mol. The van der Waals surface area contributed by atoms with Gasteiger partial charge in [-0.05, 0) is 137 Å². The highest BCUT2D eigenvalue weighted by Gasteiger charge is 2.49. The van der Waals surface area contributed by atoms with Crippen molar-refractivity contribution in [3.8, 4) is 11.5 Å². The normalized spacial score (nSPS) is 22.7. The average Bonchev–Trinajstić information content (AvgIpc) is 1.57. The number of rotatable bonds is 22. The van der Waals surface area contributed by atoms with Gasteiger partial charge in [0, 0.05) is 134 Å². The monoisotopic (exact) mass is 1380 g/mol. The number of piperazine rings is 2. The van der Waals surface area contributed by atoms with Crippen LogP contribution >= 0.6 is 0 Å². The number of amides is 4. The van der Waals surface area contributed by atoms with Crippen molar-refractivity contribution in [1.82, 2.24) is 48.9 Å². The van der Waals surface area contributed by atoms with E-state index < -0.39 is 59.3 Å². The number of nitrogens with zero attached hydrogens (tertiary/aromatic N) is 16. The first-order valence-corrected chi connectivity index (χ1v) is 34.1. The highest BCUT2D eigenvalue weighted by Crippen LogP contribution is 2.42. The third-order valence-corrected chi connectivity index (χ3v) is 19.8. The van der Waals surface area contributed by atoms with Gasteiger partial charge in [0.05, 0.1) is 39.4 Å². The first-order chi connectivity index (χ1) is 49.0. The number of benzene rings is 6. The Bertz CT molecular complexity index is 4060. The predicted octanol–water partition coefficient (Wildman–Crippen LogP) is 10.2. The molecule has 28 heteroatoms. The molecule has 6 atom stereocenters. The highest BCUT2D eigenvalue weighted by atomic mass is 19.1. The number of ether oxygens (including phenoxy) is 6. The zero-order valence-corrected chi connectivity index (χ0v) is 56.4. The Morgan fingerprint density at radius 1 is 0.505 bits per heavy atom. The van der Waals surface area contributed by atoms with Crippen LogP contribution in [0.25, 0.3) is 0 Å². The van der Waals surface area contributed by atoms with Gasteiger partial charge in [0.25, 0.3) is 0 Å². The Morgan fingerprint density at radius 3 is 1.30 bits per heavy atom. The van der Waals surface area contributed by atoms with Gasteiger partial charge >= 0.3 is 12.1 Å². The highest BCUT2D eigenvalue weighted by molar-refractivity contribution is 5.96. The van der Waals surface area contributed by atoms with Crippen LogP contribution in [0.15, 0.2) is 171 Å². The van der Waals surface area contributed by atoms with Gasteiger partial charge in [0.1, 0.15) is 103 Å². The molecule has 0 bridgehead atoms. The van der Waals surface area contributed by atoms with Gasteiger partial charge in [-0.1, -0.05) is 12.1 Å². The summed E-state index contributed by atoms with van der Waals surface area (Å²) in [6.45, 7) is 15.4. The van der Waals surface area contributed by atoms with Crippen molar-refractivity contribution in [3.63, 3.8) is 0 Å². The van der Waals surface area contributed by atoms with E-state index in [1.54, 1.807) is 6.20 Å². The molecule has 3 aromatic heterocycles. The molecule has 6 aromatic carbocycles. The van der Waals surface area contributed by atoms with E-state index >= 15 is 8.78 Å². The van der Waals surface area contributed by atoms with Crippen molar-refractivity contribution in [2.24, 2.45) is 0 Å². The molecule has 0 N–H and O–H groups in total. The molecule has 6 saturated heterocycles. The first kappa shape index (κ1) is 66.6. The lowest BCUT2D eigenvalue weighted by atomic mass is 9.94. The van der Waals surface area contributed by atoms with Crippen molar-refractivity contribution in [1.29, 1.82) is 0 Å². The molecule has 6 fully saturated rings. The van der Waals surface area contributed by atoms with Crippen molar-refractivity contribution in [2.75, 3.05) is 121 Å². The van der Waals surface area contributed by atoms with Gasteiger partial charge in [0.2, 0.25) is 0 Å². The SMILES string of the molecule is CC(C)N1C(=O)N(c2ccc(N3CCN(c4ccc(OC[C@H]5OC[C@](Cn6cncn6)(c6ccc(F)cc6F)O5)cc4)CC3)cc2)CC1c1nccn1C1CN(c2ccc(N3CCN(c4ccc(OC[C@H]5OC[C@](Cn6cncn6)(c6ccc(F)cc6F)O5)cc4)CC3)cc2)C(=O)N1C(C)C. The lowest BCUT2D eigenvalue weighted by Gasteiger charge is -2.37. The van der Waals surface area contributed by atoms with E-state index in [1.165, 1.54) is 58.9 Å². The topological polar surface area (TPSA) is 195 Å². The summed E-state index contributed by atoms with van der Waals surface area (Å²) in [6, 6.07) is 38.0. The van der Waals surface area contributed by atoms with Gasteiger partial charge in [-0.3, -0.25) is 14.7 Å². The molecule has 24 nitrogen and oxygen atoms in total. The van der Waals surface area contributed by atoms with E-state index in [4.69, 9.17) is 33.4 Å². The van der Waals surface area contributed by atoms with Gasteiger partial charge in [-0.25, -0.2) is 51.5 Å². The molecule has 6 aliphatic rings. The molecular formula is C73H78F4N16O8. The molecule has 526 valence electrons. The van der Waals surface area contributed by atoms with Crippen LogP contribution in [0.1, 0.15) is 56.9 Å². The van der Waals surface area contributed by atoms with Crippen molar-refractivity contribution in [3.05, 3.63) is 211 Å². The van der Waals surface area contributed by atoms with Gasteiger partial charge < -0.3 is 57.5 Å². The Balaban J connectivity index is 0.529. The molecule has 2 unspecified atom stereocenters. The largest absolute Gasteiger partial charge is 0.488 e. The molecule has 9 heterocycles. The minimum atomic E-state index is -1.28. The fourth-order valence-electron chi connectivity index (χ4n) is 14.8. The summed E-state index contributed by atoms with van der Waals surface area (Å²) >= 11 is 0. The van der Waals surface area contributed by atoms with Crippen LogP contribution < -0.4 is 38.9 Å². The second-order valence-electron chi connectivity index (χ2n) is 26.7. The molecule has 0 saturated carbocycles. The van der Waals surface area contributed by atoms with E-state index in [9.17, 15) is 18.4 Å². The summed E-state index contributed by atoms with van der Waals surface area (Å²) in [7, 11) is 0. The Kier molecular flexibility index (Phi) is 18.5. The maximum absolute atomic E-state index is 15.2. The van der Waals surface area contributed by atoms with Crippen molar-refractivity contribution < 1.29 is 55.6 Å². The summed E-state index contributed by atoms with van der Waals surface area (Å²) in [5.41, 5.74) is 3.58. The van der Waals surface area contributed by atoms with E-state index in [2.05, 4.69) is 68.6 Å². The maximum Gasteiger partial charge on any atom is 0.326 e. The van der Waals surface area contributed by atoms with E-state index in [1.807, 2.05) is 126 Å². The number of hydrogen-bond acceptors (Lipinski definition) is 17. The molecule has 6 aliphatic heterocycles. The lowest BCUT2D eigenvalue weighted by molar-refractivity contribution is -0.117. The van der Waals surface area contributed by atoms with Crippen molar-refractivity contribution in [2.45, 2.75) is 88.9 Å². The minimum Gasteiger partial charge on any atom is -0.488 e. The smallest absolute Gasteiger partial charge is 0.326 e. The van der Waals surface area contributed by atoms with Crippen LogP contribution in [0.4, 0.5) is 61.3 Å². The zero-order chi connectivity index (χ0) is 69.5. The van der Waals surface area contributed by atoms with E-state index in [0.29, 0.717) is 30.4 Å². The summed E-state index contributed by atoms with van der Waals surface area (Å²) in [4.78, 5) is 59.0. The van der Waals surface area contributed by atoms with Crippen LogP contribution in [0.3, 0.4) is 0 Å². The molecule has 15 rings (SSSR count). The van der Waals surface area contributed by atoms with Crippen molar-refractivity contribution >= 4 is 46.2 Å². The maximum atomic E-state index is 15.2. The summed E-state index contributed by atoms with van der Waals surface area (Å²) < 4.78 is 100. The van der Waals surface area contributed by atoms with Gasteiger partial charge in [0.15, 0.2) is 12.6 Å². The summed E-state index contributed by atoms with van der Waals surface area (Å²) in [5.74, 6) is -0.924. The zero-order valence-electron chi connectivity index (χ0n) is 56.4. The Morgan fingerprint density at radius 2 is 0.901 bits per heavy atom. The third-order valence-electron chi connectivity index (χ3n) is 19.8.